The minimum Gasteiger partial charge on any atom is -0.366 e. The lowest BCUT2D eigenvalue weighted by Gasteiger charge is -2.09. The molecule has 2 N–H and O–H groups in total. The Morgan fingerprint density at radius 1 is 1.56 bits per heavy atom. The third-order valence-electron chi connectivity index (χ3n) is 1.28. The molecule has 0 amide bonds. The van der Waals surface area contributed by atoms with Crippen molar-refractivity contribution in [3.63, 3.8) is 0 Å². The van der Waals surface area contributed by atoms with Crippen LogP contribution in [0.15, 0.2) is 0 Å². The molecule has 5 heteroatoms. The number of rotatable bonds is 1. The molecule has 1 atom stereocenters. The van der Waals surface area contributed by atoms with E-state index in [9.17, 15) is 4.57 Å². The van der Waals surface area contributed by atoms with Crippen LogP contribution in [0.25, 0.3) is 0 Å². The van der Waals surface area contributed by atoms with Gasteiger partial charge in [0, 0.05) is 6.61 Å². The van der Waals surface area contributed by atoms with Gasteiger partial charge in [0.15, 0.2) is 5.85 Å². The first kappa shape index (κ1) is 7.22. The molecule has 1 aliphatic rings. The van der Waals surface area contributed by atoms with Crippen molar-refractivity contribution in [1.29, 1.82) is 0 Å². The van der Waals surface area contributed by atoms with E-state index < -0.39 is 13.4 Å². The SMILES string of the molecule is O=P(O)(O)[C@@H]1CCCO1. The first-order valence-corrected chi connectivity index (χ1v) is 4.45. The average molecular weight is 152 g/mol. The number of hydrogen-bond donors (Lipinski definition) is 2. The largest absolute Gasteiger partial charge is 0.366 e. The summed E-state index contributed by atoms with van der Waals surface area (Å²) in [4.78, 5) is 17.0. The molecule has 1 fully saturated rings. The van der Waals surface area contributed by atoms with Crippen LogP contribution in [0.1, 0.15) is 12.8 Å². The van der Waals surface area contributed by atoms with Crippen LogP contribution in [0.2, 0.25) is 0 Å². The zero-order chi connectivity index (χ0) is 6.91. The van der Waals surface area contributed by atoms with Crippen LogP contribution < -0.4 is 0 Å². The lowest BCUT2D eigenvalue weighted by molar-refractivity contribution is 0.140. The standard InChI is InChI=1S/C4H9O4P/c5-9(6,7)4-2-1-3-8-4/h4H,1-3H2,(H2,5,6,7)/t4-/m1/s1. The molecule has 1 aliphatic heterocycles. The smallest absolute Gasteiger partial charge is 0.354 e. The molecule has 0 radical (unpaired) electrons. The fourth-order valence-electron chi connectivity index (χ4n) is 0.826. The molecule has 54 valence electrons. The average Bonchev–Trinajstić information content (AvgIpc) is 2.08. The van der Waals surface area contributed by atoms with Gasteiger partial charge < -0.3 is 14.5 Å². The van der Waals surface area contributed by atoms with Crippen molar-refractivity contribution >= 4 is 7.60 Å². The van der Waals surface area contributed by atoms with Crippen LogP contribution in [0.5, 0.6) is 0 Å². The van der Waals surface area contributed by atoms with Crippen LogP contribution in [0.3, 0.4) is 0 Å². The van der Waals surface area contributed by atoms with Crippen molar-refractivity contribution in [2.45, 2.75) is 18.7 Å². The number of ether oxygens (including phenoxy) is 1. The van der Waals surface area contributed by atoms with Gasteiger partial charge in [-0.25, -0.2) is 0 Å². The second-order valence-corrected chi connectivity index (χ2v) is 3.81. The summed E-state index contributed by atoms with van der Waals surface area (Å²) in [5, 5.41) is 0. The highest BCUT2D eigenvalue weighted by Gasteiger charge is 2.32. The Morgan fingerprint density at radius 3 is 2.44 bits per heavy atom. The molecule has 1 heterocycles. The van der Waals surface area contributed by atoms with Crippen molar-refractivity contribution < 1.29 is 19.1 Å². The maximum absolute atomic E-state index is 10.4. The Bertz CT molecular complexity index is 134. The summed E-state index contributed by atoms with van der Waals surface area (Å²) in [6.07, 6.45) is 1.25. The van der Waals surface area contributed by atoms with E-state index in [0.717, 1.165) is 6.42 Å². The van der Waals surface area contributed by atoms with E-state index in [2.05, 4.69) is 0 Å². The monoisotopic (exact) mass is 152 g/mol. The van der Waals surface area contributed by atoms with Gasteiger partial charge >= 0.3 is 7.60 Å². The topological polar surface area (TPSA) is 66.8 Å². The predicted molar refractivity (Wildman–Crippen MR) is 31.0 cm³/mol. The van der Waals surface area contributed by atoms with Crippen molar-refractivity contribution in [2.24, 2.45) is 0 Å². The van der Waals surface area contributed by atoms with Crippen LogP contribution in [-0.4, -0.2) is 22.2 Å². The molecule has 0 bridgehead atoms. The van der Waals surface area contributed by atoms with Crippen molar-refractivity contribution in [1.82, 2.24) is 0 Å². The summed E-state index contributed by atoms with van der Waals surface area (Å²) in [5.74, 6) is -0.822. The fraction of sp³-hybridized carbons (Fsp3) is 1.00. The molecule has 4 nitrogen and oxygen atoms in total. The van der Waals surface area contributed by atoms with Gasteiger partial charge in [0.2, 0.25) is 0 Å². The van der Waals surface area contributed by atoms with E-state index in [-0.39, 0.29) is 0 Å². The van der Waals surface area contributed by atoms with Gasteiger partial charge in [-0.3, -0.25) is 4.57 Å². The lowest BCUT2D eigenvalue weighted by atomic mass is 10.4. The van der Waals surface area contributed by atoms with Crippen LogP contribution >= 0.6 is 7.60 Å². The Kier molecular flexibility index (Phi) is 1.91. The normalized spacial score (nSPS) is 28.9. The minimum absolute atomic E-state index is 0.482. The van der Waals surface area contributed by atoms with E-state index in [1.807, 2.05) is 0 Å². The predicted octanol–water partition coefficient (Wildman–Crippen LogP) is 0.301. The molecule has 0 aromatic rings. The third kappa shape index (κ3) is 1.76. The van der Waals surface area contributed by atoms with Crippen LogP contribution in [0, 0.1) is 0 Å². The van der Waals surface area contributed by atoms with Gasteiger partial charge in [-0.05, 0) is 12.8 Å². The summed E-state index contributed by atoms with van der Waals surface area (Å²) >= 11 is 0. The first-order chi connectivity index (χ1) is 4.11. The highest BCUT2D eigenvalue weighted by Crippen LogP contribution is 2.46. The van der Waals surface area contributed by atoms with Crippen LogP contribution in [-0.2, 0) is 9.30 Å². The van der Waals surface area contributed by atoms with Crippen LogP contribution in [0.4, 0.5) is 0 Å². The van der Waals surface area contributed by atoms with Gasteiger partial charge in [-0.15, -0.1) is 0 Å². The Hall–Kier alpha value is 0.110. The second-order valence-electron chi connectivity index (χ2n) is 2.06. The maximum atomic E-state index is 10.4. The molecule has 1 saturated heterocycles. The minimum atomic E-state index is -3.94. The zero-order valence-electron chi connectivity index (χ0n) is 4.86. The third-order valence-corrected chi connectivity index (χ3v) is 2.44. The summed E-state index contributed by atoms with van der Waals surface area (Å²) < 4.78 is 15.2. The molecular weight excluding hydrogens is 143 g/mol. The van der Waals surface area contributed by atoms with E-state index in [4.69, 9.17) is 14.5 Å². The molecule has 0 aromatic carbocycles. The summed E-state index contributed by atoms with van der Waals surface area (Å²) in [7, 11) is -3.94. The van der Waals surface area contributed by atoms with E-state index in [1.165, 1.54) is 0 Å². The van der Waals surface area contributed by atoms with Gasteiger partial charge in [0.25, 0.3) is 0 Å². The molecule has 0 spiro atoms. The van der Waals surface area contributed by atoms with Gasteiger partial charge in [-0.1, -0.05) is 0 Å². The quantitative estimate of drug-likeness (QED) is 0.530. The van der Waals surface area contributed by atoms with Gasteiger partial charge in [0.05, 0.1) is 0 Å². The van der Waals surface area contributed by atoms with E-state index >= 15 is 0 Å². The van der Waals surface area contributed by atoms with E-state index in [1.54, 1.807) is 0 Å². The first-order valence-electron chi connectivity index (χ1n) is 2.77. The molecular formula is C4H9O4P. The van der Waals surface area contributed by atoms with Crippen molar-refractivity contribution in [3.05, 3.63) is 0 Å². The second kappa shape index (κ2) is 2.39. The Morgan fingerprint density at radius 2 is 2.22 bits per heavy atom. The lowest BCUT2D eigenvalue weighted by Crippen LogP contribution is -2.04. The zero-order valence-corrected chi connectivity index (χ0v) is 5.75. The molecule has 0 unspecified atom stereocenters. The molecule has 0 saturated carbocycles. The van der Waals surface area contributed by atoms with E-state index in [0.29, 0.717) is 13.0 Å². The number of hydrogen-bond acceptors (Lipinski definition) is 2. The maximum Gasteiger partial charge on any atom is 0.354 e. The molecule has 1 rings (SSSR count). The Balaban J connectivity index is 2.52. The van der Waals surface area contributed by atoms with Crippen molar-refractivity contribution in [3.8, 4) is 0 Å². The Labute approximate surface area is 53.0 Å². The van der Waals surface area contributed by atoms with Gasteiger partial charge in [0.1, 0.15) is 0 Å². The highest BCUT2D eigenvalue weighted by atomic mass is 31.2. The summed E-state index contributed by atoms with van der Waals surface area (Å²) in [6, 6.07) is 0. The summed E-state index contributed by atoms with van der Waals surface area (Å²) in [6.45, 7) is 0.482. The molecule has 9 heavy (non-hydrogen) atoms. The molecule has 0 aliphatic carbocycles. The van der Waals surface area contributed by atoms with Gasteiger partial charge in [-0.2, -0.15) is 0 Å². The fourth-order valence-corrected chi connectivity index (χ4v) is 1.64. The summed E-state index contributed by atoms with van der Waals surface area (Å²) in [5.41, 5.74) is 0. The molecule has 0 aromatic heterocycles. The highest BCUT2D eigenvalue weighted by molar-refractivity contribution is 7.52. The van der Waals surface area contributed by atoms with Crippen molar-refractivity contribution in [2.75, 3.05) is 6.61 Å².